The van der Waals surface area contributed by atoms with Gasteiger partial charge in [-0.3, -0.25) is 0 Å². The fraction of sp³-hybridized carbons (Fsp3) is 0.647. The number of aliphatic hydroxyl groups is 1. The van der Waals surface area contributed by atoms with Gasteiger partial charge in [0.15, 0.2) is 0 Å². The van der Waals surface area contributed by atoms with E-state index in [-0.39, 0.29) is 6.04 Å². The zero-order valence-corrected chi connectivity index (χ0v) is 15.1. The molecule has 1 aromatic carbocycles. The number of hydrogen-bond acceptors (Lipinski definition) is 3. The molecule has 0 amide bonds. The van der Waals surface area contributed by atoms with Crippen molar-refractivity contribution in [1.82, 2.24) is 4.72 Å². The molecule has 4 nitrogen and oxygen atoms in total. The molecule has 0 radical (unpaired) electrons. The van der Waals surface area contributed by atoms with Gasteiger partial charge in [-0.25, -0.2) is 13.1 Å². The molecule has 0 spiro atoms. The van der Waals surface area contributed by atoms with Crippen molar-refractivity contribution in [3.63, 3.8) is 0 Å². The summed E-state index contributed by atoms with van der Waals surface area (Å²) in [6, 6.07) is 6.87. The highest BCUT2D eigenvalue weighted by molar-refractivity contribution is 7.89. The second-order valence-electron chi connectivity index (χ2n) is 6.95. The second kappa shape index (κ2) is 7.57. The normalized spacial score (nSPS) is 14.3. The zero-order chi connectivity index (χ0) is 17.0. The van der Waals surface area contributed by atoms with Crippen molar-refractivity contribution in [2.75, 3.05) is 0 Å². The maximum Gasteiger partial charge on any atom is 0.240 e. The molecule has 1 atom stereocenters. The van der Waals surface area contributed by atoms with E-state index in [9.17, 15) is 13.5 Å². The standard InChI is InChI=1S/C17H29NO3S/c1-13(2)15-8-10-16(11-9-15)22(20,21)18-14(3)7-6-12-17(4,5)19/h8-11,13-14,18-19H,6-7,12H2,1-5H3. The minimum atomic E-state index is -3.48. The summed E-state index contributed by atoms with van der Waals surface area (Å²) in [4.78, 5) is 0.297. The van der Waals surface area contributed by atoms with Gasteiger partial charge in [0.2, 0.25) is 10.0 Å². The minimum Gasteiger partial charge on any atom is -0.390 e. The molecule has 0 aromatic heterocycles. The lowest BCUT2D eigenvalue weighted by molar-refractivity contribution is 0.0677. The van der Waals surface area contributed by atoms with Crippen molar-refractivity contribution in [1.29, 1.82) is 0 Å². The van der Waals surface area contributed by atoms with Crippen molar-refractivity contribution in [2.45, 2.75) is 76.3 Å². The van der Waals surface area contributed by atoms with Crippen LogP contribution in [0, 0.1) is 0 Å². The lowest BCUT2D eigenvalue weighted by Gasteiger charge is -2.19. The molecule has 1 rings (SSSR count). The van der Waals surface area contributed by atoms with E-state index in [0.29, 0.717) is 23.7 Å². The highest BCUT2D eigenvalue weighted by Gasteiger charge is 2.18. The predicted octanol–water partition coefficient (Wildman–Crippen LogP) is 3.42. The van der Waals surface area contributed by atoms with Crippen LogP contribution in [0.4, 0.5) is 0 Å². The van der Waals surface area contributed by atoms with Gasteiger partial charge in [0, 0.05) is 6.04 Å². The van der Waals surface area contributed by atoms with Crippen LogP contribution in [0.3, 0.4) is 0 Å². The Morgan fingerprint density at radius 3 is 2.14 bits per heavy atom. The van der Waals surface area contributed by atoms with Crippen molar-refractivity contribution in [2.24, 2.45) is 0 Å². The van der Waals surface area contributed by atoms with Gasteiger partial charge in [-0.15, -0.1) is 0 Å². The molecule has 0 aliphatic rings. The molecular formula is C17H29NO3S. The molecule has 22 heavy (non-hydrogen) atoms. The third-order valence-corrected chi connectivity index (χ3v) is 5.24. The molecule has 2 N–H and O–H groups in total. The molecular weight excluding hydrogens is 298 g/mol. The molecule has 0 heterocycles. The van der Waals surface area contributed by atoms with E-state index in [1.807, 2.05) is 19.1 Å². The number of hydrogen-bond donors (Lipinski definition) is 2. The predicted molar refractivity (Wildman–Crippen MR) is 90.5 cm³/mol. The Labute approximate surface area is 135 Å². The zero-order valence-electron chi connectivity index (χ0n) is 14.3. The van der Waals surface area contributed by atoms with Gasteiger partial charge in [0.1, 0.15) is 0 Å². The summed E-state index contributed by atoms with van der Waals surface area (Å²) in [6.07, 6.45) is 2.13. The Balaban J connectivity index is 2.62. The van der Waals surface area contributed by atoms with Crippen LogP contribution in [0.5, 0.6) is 0 Å². The SMILES string of the molecule is CC(CCCC(C)(C)O)NS(=O)(=O)c1ccc(C(C)C)cc1. The van der Waals surface area contributed by atoms with Gasteiger partial charge >= 0.3 is 0 Å². The van der Waals surface area contributed by atoms with E-state index in [2.05, 4.69) is 18.6 Å². The molecule has 0 saturated heterocycles. The van der Waals surface area contributed by atoms with Crippen LogP contribution in [0.15, 0.2) is 29.2 Å². The Morgan fingerprint density at radius 1 is 1.14 bits per heavy atom. The Kier molecular flexibility index (Phi) is 6.59. The maximum absolute atomic E-state index is 12.3. The molecule has 0 aliphatic carbocycles. The van der Waals surface area contributed by atoms with Crippen molar-refractivity contribution >= 4 is 10.0 Å². The molecule has 0 fully saturated rings. The van der Waals surface area contributed by atoms with Gasteiger partial charge in [-0.05, 0) is 63.6 Å². The first kappa shape index (κ1) is 19.1. The first-order valence-corrected chi connectivity index (χ1v) is 9.34. The fourth-order valence-corrected chi connectivity index (χ4v) is 3.54. The van der Waals surface area contributed by atoms with Crippen LogP contribution in [0.1, 0.15) is 65.4 Å². The van der Waals surface area contributed by atoms with E-state index in [1.165, 1.54) is 0 Å². The summed E-state index contributed by atoms with van der Waals surface area (Å²) in [5.41, 5.74) is 0.419. The quantitative estimate of drug-likeness (QED) is 0.769. The largest absolute Gasteiger partial charge is 0.390 e. The molecule has 0 saturated carbocycles. The van der Waals surface area contributed by atoms with Crippen LogP contribution >= 0.6 is 0 Å². The van der Waals surface area contributed by atoms with Gasteiger partial charge in [0.05, 0.1) is 10.5 Å². The average molecular weight is 327 g/mol. The Morgan fingerprint density at radius 2 is 1.68 bits per heavy atom. The van der Waals surface area contributed by atoms with Crippen LogP contribution in [-0.2, 0) is 10.0 Å². The van der Waals surface area contributed by atoms with Gasteiger partial charge in [-0.1, -0.05) is 26.0 Å². The lowest BCUT2D eigenvalue weighted by Crippen LogP contribution is -2.33. The number of sulfonamides is 1. The minimum absolute atomic E-state index is 0.155. The fourth-order valence-electron chi connectivity index (χ4n) is 2.26. The van der Waals surface area contributed by atoms with Gasteiger partial charge in [-0.2, -0.15) is 0 Å². The van der Waals surface area contributed by atoms with E-state index in [0.717, 1.165) is 12.0 Å². The monoisotopic (exact) mass is 327 g/mol. The van der Waals surface area contributed by atoms with Crippen LogP contribution in [0.2, 0.25) is 0 Å². The van der Waals surface area contributed by atoms with Gasteiger partial charge < -0.3 is 5.11 Å². The summed E-state index contributed by atoms with van der Waals surface area (Å²) in [5.74, 6) is 0.380. The molecule has 0 aliphatic heterocycles. The average Bonchev–Trinajstić information content (AvgIpc) is 2.36. The summed E-state index contributed by atoms with van der Waals surface area (Å²) in [5, 5.41) is 9.67. The van der Waals surface area contributed by atoms with E-state index in [4.69, 9.17) is 0 Å². The third-order valence-electron chi connectivity index (χ3n) is 3.64. The topological polar surface area (TPSA) is 66.4 Å². The highest BCUT2D eigenvalue weighted by Crippen LogP contribution is 2.18. The molecule has 126 valence electrons. The highest BCUT2D eigenvalue weighted by atomic mass is 32.2. The summed E-state index contributed by atoms with van der Waals surface area (Å²) < 4.78 is 27.3. The summed E-state index contributed by atoms with van der Waals surface area (Å²) in [7, 11) is -3.48. The second-order valence-corrected chi connectivity index (χ2v) is 8.66. The van der Waals surface area contributed by atoms with Crippen LogP contribution in [-0.4, -0.2) is 25.2 Å². The lowest BCUT2D eigenvalue weighted by atomic mass is 10.00. The molecule has 0 bridgehead atoms. The Bertz CT molecular complexity index is 557. The van der Waals surface area contributed by atoms with Crippen molar-refractivity contribution < 1.29 is 13.5 Å². The van der Waals surface area contributed by atoms with E-state index in [1.54, 1.807) is 26.0 Å². The maximum atomic E-state index is 12.3. The van der Waals surface area contributed by atoms with Crippen molar-refractivity contribution in [3.05, 3.63) is 29.8 Å². The summed E-state index contributed by atoms with van der Waals surface area (Å²) in [6.45, 7) is 9.53. The third kappa shape index (κ3) is 6.46. The number of benzene rings is 1. The smallest absolute Gasteiger partial charge is 0.240 e. The van der Waals surface area contributed by atoms with Crippen LogP contribution in [0.25, 0.3) is 0 Å². The van der Waals surface area contributed by atoms with Crippen LogP contribution < -0.4 is 4.72 Å². The first-order chi connectivity index (χ1) is 10.0. The Hall–Kier alpha value is -0.910. The van der Waals surface area contributed by atoms with Gasteiger partial charge in [0.25, 0.3) is 0 Å². The van der Waals surface area contributed by atoms with E-state index >= 15 is 0 Å². The number of rotatable bonds is 8. The van der Waals surface area contributed by atoms with E-state index < -0.39 is 15.6 Å². The first-order valence-electron chi connectivity index (χ1n) is 7.86. The van der Waals surface area contributed by atoms with Crippen molar-refractivity contribution in [3.8, 4) is 0 Å². The molecule has 5 heteroatoms. The number of nitrogens with one attached hydrogen (secondary N) is 1. The summed E-state index contributed by atoms with van der Waals surface area (Å²) >= 11 is 0. The molecule has 1 unspecified atom stereocenters. The molecule has 1 aromatic rings.